The van der Waals surface area contributed by atoms with E-state index in [9.17, 15) is 18.0 Å². The quantitative estimate of drug-likeness (QED) is 0.751. The molecule has 0 bridgehead atoms. The van der Waals surface area contributed by atoms with Crippen molar-refractivity contribution in [2.75, 3.05) is 12.4 Å². The summed E-state index contributed by atoms with van der Waals surface area (Å²) in [5, 5.41) is 6.71. The molecule has 0 atom stereocenters. The van der Waals surface area contributed by atoms with Crippen LogP contribution in [0.15, 0.2) is 48.8 Å². The van der Waals surface area contributed by atoms with E-state index in [-0.39, 0.29) is 11.3 Å². The van der Waals surface area contributed by atoms with E-state index < -0.39 is 17.6 Å². The molecular weight excluding hydrogens is 361 g/mol. The summed E-state index contributed by atoms with van der Waals surface area (Å²) in [7, 11) is 1.48. The molecule has 0 saturated carbocycles. The molecule has 0 radical (unpaired) electrons. The van der Waals surface area contributed by atoms with Gasteiger partial charge in [-0.3, -0.25) is 4.79 Å². The lowest BCUT2D eigenvalue weighted by atomic mass is 10.2. The van der Waals surface area contributed by atoms with Crippen molar-refractivity contribution in [2.24, 2.45) is 0 Å². The fourth-order valence-electron chi connectivity index (χ4n) is 2.48. The lowest BCUT2D eigenvalue weighted by Crippen LogP contribution is -2.13. The largest absolute Gasteiger partial charge is 0.481 e. The van der Waals surface area contributed by atoms with Gasteiger partial charge in [-0.05, 0) is 31.2 Å². The number of nitrogens with zero attached hydrogens (tertiary/aromatic N) is 3. The Hall–Kier alpha value is -3.36. The zero-order valence-corrected chi connectivity index (χ0v) is 14.4. The summed E-state index contributed by atoms with van der Waals surface area (Å²) in [5.41, 5.74) is 0.529. The Kier molecular flexibility index (Phi) is 4.85. The Morgan fingerprint density at radius 1 is 1.19 bits per heavy atom. The van der Waals surface area contributed by atoms with Gasteiger partial charge in [-0.25, -0.2) is 9.67 Å². The number of carbonyl (C=O) groups is 1. The van der Waals surface area contributed by atoms with E-state index in [1.165, 1.54) is 36.3 Å². The summed E-state index contributed by atoms with van der Waals surface area (Å²) in [4.78, 5) is 16.4. The van der Waals surface area contributed by atoms with Crippen LogP contribution in [0.1, 0.15) is 21.6 Å². The van der Waals surface area contributed by atoms with E-state index in [4.69, 9.17) is 4.74 Å². The molecule has 9 heteroatoms. The molecule has 140 valence electrons. The third-order valence-electron chi connectivity index (χ3n) is 3.88. The van der Waals surface area contributed by atoms with Gasteiger partial charge in [0.2, 0.25) is 5.88 Å². The van der Waals surface area contributed by atoms with Gasteiger partial charge in [0, 0.05) is 6.07 Å². The van der Waals surface area contributed by atoms with E-state index in [0.29, 0.717) is 17.3 Å². The number of hydrogen-bond donors (Lipinski definition) is 1. The monoisotopic (exact) mass is 376 g/mol. The van der Waals surface area contributed by atoms with Crippen molar-refractivity contribution >= 4 is 11.6 Å². The average Bonchev–Trinajstić information content (AvgIpc) is 3.03. The van der Waals surface area contributed by atoms with Gasteiger partial charge in [0.1, 0.15) is 0 Å². The molecule has 3 rings (SSSR count). The van der Waals surface area contributed by atoms with Crippen LogP contribution in [0.2, 0.25) is 0 Å². The number of rotatable bonds is 4. The van der Waals surface area contributed by atoms with Crippen LogP contribution in [0, 0.1) is 6.92 Å². The molecule has 1 N–H and O–H groups in total. The summed E-state index contributed by atoms with van der Waals surface area (Å²) >= 11 is 0. The topological polar surface area (TPSA) is 69.0 Å². The van der Waals surface area contributed by atoms with Crippen molar-refractivity contribution in [3.05, 3.63) is 65.6 Å². The van der Waals surface area contributed by atoms with Gasteiger partial charge in [0.05, 0.1) is 47.7 Å². The van der Waals surface area contributed by atoms with Crippen LogP contribution >= 0.6 is 0 Å². The summed E-state index contributed by atoms with van der Waals surface area (Å²) in [6.45, 7) is 1.61. The number of halogens is 3. The Labute approximate surface area is 152 Å². The highest BCUT2D eigenvalue weighted by molar-refractivity contribution is 6.04. The van der Waals surface area contributed by atoms with Gasteiger partial charge in [-0.15, -0.1) is 0 Å². The highest BCUT2D eigenvalue weighted by Gasteiger charge is 2.30. The van der Waals surface area contributed by atoms with Gasteiger partial charge < -0.3 is 10.1 Å². The smallest absolute Gasteiger partial charge is 0.416 e. The molecule has 0 unspecified atom stereocenters. The zero-order valence-electron chi connectivity index (χ0n) is 14.4. The Morgan fingerprint density at radius 3 is 2.59 bits per heavy atom. The van der Waals surface area contributed by atoms with Crippen LogP contribution in [0.4, 0.5) is 18.9 Å². The molecule has 0 aliphatic heterocycles. The van der Waals surface area contributed by atoms with E-state index in [2.05, 4.69) is 15.4 Å². The van der Waals surface area contributed by atoms with E-state index in [1.54, 1.807) is 19.1 Å². The molecule has 6 nitrogen and oxygen atoms in total. The van der Waals surface area contributed by atoms with Crippen molar-refractivity contribution in [1.82, 2.24) is 14.8 Å². The van der Waals surface area contributed by atoms with Crippen molar-refractivity contribution in [2.45, 2.75) is 13.1 Å². The zero-order chi connectivity index (χ0) is 19.6. The van der Waals surface area contributed by atoms with Gasteiger partial charge in [-0.1, -0.05) is 6.07 Å². The second-order valence-corrected chi connectivity index (χ2v) is 5.65. The van der Waals surface area contributed by atoms with Crippen molar-refractivity contribution in [3.63, 3.8) is 0 Å². The molecule has 0 saturated heterocycles. The summed E-state index contributed by atoms with van der Waals surface area (Å²) < 4.78 is 45.0. The number of benzene rings is 1. The third-order valence-corrected chi connectivity index (χ3v) is 3.88. The SMILES string of the molecule is COc1ccc(NC(=O)c2cnn(-c3cccc(C(F)(F)F)c3)c2C)cn1. The number of amides is 1. The first-order valence-electron chi connectivity index (χ1n) is 7.83. The molecule has 2 heterocycles. The Bertz CT molecular complexity index is 965. The number of hydrogen-bond acceptors (Lipinski definition) is 4. The number of pyridine rings is 1. The molecule has 0 spiro atoms. The first kappa shape index (κ1) is 18.4. The third kappa shape index (κ3) is 3.91. The van der Waals surface area contributed by atoms with Gasteiger partial charge in [0.15, 0.2) is 0 Å². The fraction of sp³-hybridized carbons (Fsp3) is 0.167. The molecule has 0 fully saturated rings. The predicted molar refractivity (Wildman–Crippen MR) is 92.0 cm³/mol. The van der Waals surface area contributed by atoms with Crippen molar-refractivity contribution in [3.8, 4) is 11.6 Å². The normalized spacial score (nSPS) is 11.3. The minimum atomic E-state index is -4.46. The summed E-state index contributed by atoms with van der Waals surface area (Å²) in [6, 6.07) is 7.96. The molecule has 3 aromatic rings. The number of ether oxygens (including phenoxy) is 1. The maximum atomic E-state index is 12.9. The number of methoxy groups -OCH3 is 1. The molecule has 0 aliphatic carbocycles. The van der Waals surface area contributed by atoms with Gasteiger partial charge >= 0.3 is 6.18 Å². The van der Waals surface area contributed by atoms with E-state index >= 15 is 0 Å². The van der Waals surface area contributed by atoms with Crippen LogP contribution < -0.4 is 10.1 Å². The summed E-state index contributed by atoms with van der Waals surface area (Å²) in [6.07, 6.45) is -1.72. The standard InChI is InChI=1S/C18H15F3N4O2/c1-11-15(17(26)24-13-6-7-16(27-2)22-9-13)10-23-25(11)14-5-3-4-12(8-14)18(19,20)21/h3-10H,1-2H3,(H,24,26). The maximum Gasteiger partial charge on any atom is 0.416 e. The lowest BCUT2D eigenvalue weighted by molar-refractivity contribution is -0.137. The number of carbonyl (C=O) groups excluding carboxylic acids is 1. The second-order valence-electron chi connectivity index (χ2n) is 5.65. The fourth-order valence-corrected chi connectivity index (χ4v) is 2.48. The molecular formula is C18H15F3N4O2. The minimum absolute atomic E-state index is 0.215. The first-order valence-corrected chi connectivity index (χ1v) is 7.83. The number of anilines is 1. The lowest BCUT2D eigenvalue weighted by Gasteiger charge is -2.10. The van der Waals surface area contributed by atoms with E-state index in [0.717, 1.165) is 12.1 Å². The predicted octanol–water partition coefficient (Wildman–Crippen LogP) is 3.86. The van der Waals surface area contributed by atoms with E-state index in [1.807, 2.05) is 0 Å². The highest BCUT2D eigenvalue weighted by Crippen LogP contribution is 2.30. The van der Waals surface area contributed by atoms with Crippen LogP contribution in [0.5, 0.6) is 5.88 Å². The number of nitrogens with one attached hydrogen (secondary N) is 1. The van der Waals surface area contributed by atoms with Crippen molar-refractivity contribution in [1.29, 1.82) is 0 Å². The van der Waals surface area contributed by atoms with Crippen LogP contribution in [0.3, 0.4) is 0 Å². The van der Waals surface area contributed by atoms with Gasteiger partial charge in [0.25, 0.3) is 5.91 Å². The minimum Gasteiger partial charge on any atom is -0.481 e. The van der Waals surface area contributed by atoms with Crippen molar-refractivity contribution < 1.29 is 22.7 Å². The molecule has 1 aromatic carbocycles. The van der Waals surface area contributed by atoms with Crippen LogP contribution in [-0.2, 0) is 6.18 Å². The van der Waals surface area contributed by atoms with Gasteiger partial charge in [-0.2, -0.15) is 18.3 Å². The average molecular weight is 376 g/mol. The first-order chi connectivity index (χ1) is 12.8. The molecule has 27 heavy (non-hydrogen) atoms. The second kappa shape index (κ2) is 7.10. The maximum absolute atomic E-state index is 12.9. The molecule has 2 aromatic heterocycles. The Balaban J connectivity index is 1.85. The Morgan fingerprint density at radius 2 is 1.96 bits per heavy atom. The molecule has 1 amide bonds. The number of alkyl halides is 3. The number of aromatic nitrogens is 3. The van der Waals surface area contributed by atoms with Crippen LogP contribution in [0.25, 0.3) is 5.69 Å². The highest BCUT2D eigenvalue weighted by atomic mass is 19.4. The summed E-state index contributed by atoms with van der Waals surface area (Å²) in [5.74, 6) is -0.0424. The van der Waals surface area contributed by atoms with Crippen LogP contribution in [-0.4, -0.2) is 27.8 Å². The molecule has 0 aliphatic rings.